The zero-order chi connectivity index (χ0) is 19.9. The predicted molar refractivity (Wildman–Crippen MR) is 99.6 cm³/mol. The molecule has 8 heteroatoms. The Morgan fingerprint density at radius 2 is 1.89 bits per heavy atom. The Kier molecular flexibility index (Phi) is 7.41. The smallest absolute Gasteiger partial charge is 0.334 e. The Labute approximate surface area is 160 Å². The number of aryl methyl sites for hydroxylation is 1. The molecule has 0 aliphatic carbocycles. The molecule has 0 aliphatic heterocycles. The van der Waals surface area contributed by atoms with E-state index in [9.17, 15) is 22.8 Å². The highest BCUT2D eigenvalue weighted by Crippen LogP contribution is 2.34. The van der Waals surface area contributed by atoms with Gasteiger partial charge in [-0.3, -0.25) is 9.59 Å². The summed E-state index contributed by atoms with van der Waals surface area (Å²) in [5.74, 6) is -0.839. The number of para-hydroxylation sites is 1. The molecule has 0 saturated carbocycles. The number of carbonyl (C=O) groups is 2. The maximum Gasteiger partial charge on any atom is 0.418 e. The minimum absolute atomic E-state index is 0.187. The number of alkyl halides is 3. The first kappa shape index (κ1) is 21.0. The van der Waals surface area contributed by atoms with Crippen molar-refractivity contribution in [3.63, 3.8) is 0 Å². The van der Waals surface area contributed by atoms with Gasteiger partial charge >= 0.3 is 6.18 Å². The van der Waals surface area contributed by atoms with Gasteiger partial charge in [0, 0.05) is 17.8 Å². The average molecular weight is 398 g/mol. The number of hydrogen-bond acceptors (Lipinski definition) is 3. The lowest BCUT2D eigenvalue weighted by atomic mass is 10.1. The van der Waals surface area contributed by atoms with E-state index in [1.165, 1.54) is 28.0 Å². The summed E-state index contributed by atoms with van der Waals surface area (Å²) in [6.07, 6.45) is -2.83. The number of halogens is 3. The van der Waals surface area contributed by atoms with Crippen molar-refractivity contribution in [2.45, 2.75) is 32.4 Å². The second-order valence-corrected chi connectivity index (χ2v) is 6.96. The maximum absolute atomic E-state index is 13.0. The van der Waals surface area contributed by atoms with E-state index in [4.69, 9.17) is 0 Å². The minimum Gasteiger partial charge on any atom is -0.334 e. The molecule has 1 heterocycles. The molecule has 0 radical (unpaired) electrons. The van der Waals surface area contributed by atoms with Gasteiger partial charge in [-0.1, -0.05) is 18.2 Å². The molecule has 1 N–H and O–H groups in total. The molecule has 0 fully saturated rings. The first-order valence-corrected chi connectivity index (χ1v) is 9.45. The first-order valence-electron chi connectivity index (χ1n) is 8.57. The van der Waals surface area contributed by atoms with Crippen LogP contribution in [-0.4, -0.2) is 29.8 Å². The van der Waals surface area contributed by atoms with Gasteiger partial charge in [-0.05, 0) is 43.3 Å². The van der Waals surface area contributed by atoms with Crippen LogP contribution in [-0.2, 0) is 22.2 Å². The Hall–Kier alpha value is -2.35. The molecule has 1 aromatic carbocycles. The zero-order valence-corrected chi connectivity index (χ0v) is 15.7. The fourth-order valence-electron chi connectivity index (χ4n) is 2.61. The highest BCUT2D eigenvalue weighted by atomic mass is 32.1. The van der Waals surface area contributed by atoms with E-state index in [1.54, 1.807) is 18.3 Å². The van der Waals surface area contributed by atoms with Crippen molar-refractivity contribution in [3.05, 3.63) is 52.2 Å². The summed E-state index contributed by atoms with van der Waals surface area (Å²) in [7, 11) is 0. The number of carbonyl (C=O) groups excluding carboxylic acids is 2. The van der Waals surface area contributed by atoms with Crippen LogP contribution in [0.4, 0.5) is 18.9 Å². The third kappa shape index (κ3) is 6.39. The van der Waals surface area contributed by atoms with E-state index in [0.717, 1.165) is 12.5 Å². The van der Waals surface area contributed by atoms with Gasteiger partial charge in [0.05, 0.1) is 17.8 Å². The minimum atomic E-state index is -4.56. The zero-order valence-electron chi connectivity index (χ0n) is 14.9. The van der Waals surface area contributed by atoms with Gasteiger partial charge in [-0.2, -0.15) is 13.2 Å². The van der Waals surface area contributed by atoms with Gasteiger partial charge in [0.25, 0.3) is 0 Å². The second-order valence-electron chi connectivity index (χ2n) is 5.93. The van der Waals surface area contributed by atoms with Crippen molar-refractivity contribution >= 4 is 28.8 Å². The normalized spacial score (nSPS) is 11.3. The Morgan fingerprint density at radius 1 is 1.15 bits per heavy atom. The number of benzene rings is 1. The molecule has 0 atom stereocenters. The van der Waals surface area contributed by atoms with Gasteiger partial charge in [0.2, 0.25) is 11.8 Å². The molecule has 2 amide bonds. The number of nitrogens with one attached hydrogen (secondary N) is 1. The summed E-state index contributed by atoms with van der Waals surface area (Å²) < 4.78 is 39.0. The van der Waals surface area contributed by atoms with Gasteiger partial charge in [0.1, 0.15) is 0 Å². The number of nitrogens with zero attached hydrogens (tertiary/aromatic N) is 1. The summed E-state index contributed by atoms with van der Waals surface area (Å²) in [6.45, 7) is 1.76. The van der Waals surface area contributed by atoms with Crippen LogP contribution in [0.3, 0.4) is 0 Å². The number of thiophene rings is 1. The van der Waals surface area contributed by atoms with Crippen LogP contribution >= 0.6 is 11.3 Å². The number of amides is 2. The molecular formula is C19H21F3N2O2S. The number of anilines is 1. The maximum atomic E-state index is 13.0. The third-order valence-corrected chi connectivity index (χ3v) is 4.91. The number of rotatable bonds is 8. The van der Waals surface area contributed by atoms with E-state index < -0.39 is 17.6 Å². The molecule has 0 bridgehead atoms. The van der Waals surface area contributed by atoms with E-state index in [0.29, 0.717) is 13.0 Å². The van der Waals surface area contributed by atoms with Crippen LogP contribution in [0.5, 0.6) is 0 Å². The van der Waals surface area contributed by atoms with E-state index in [2.05, 4.69) is 5.32 Å². The molecule has 0 saturated heterocycles. The van der Waals surface area contributed by atoms with Crippen molar-refractivity contribution in [1.29, 1.82) is 0 Å². The fraction of sp³-hybridized carbons (Fsp3) is 0.368. The van der Waals surface area contributed by atoms with Crippen molar-refractivity contribution in [2.24, 2.45) is 0 Å². The first-order chi connectivity index (χ1) is 12.8. The van der Waals surface area contributed by atoms with Crippen LogP contribution in [0.15, 0.2) is 41.8 Å². The highest BCUT2D eigenvalue weighted by molar-refractivity contribution is 7.09. The number of likely N-dealkylation sites (N-methyl/N-ethyl adjacent to an activating group) is 1. The molecular weight excluding hydrogens is 377 g/mol. The van der Waals surface area contributed by atoms with Crippen LogP contribution in [0, 0.1) is 0 Å². The monoisotopic (exact) mass is 398 g/mol. The van der Waals surface area contributed by atoms with E-state index in [1.807, 2.05) is 17.5 Å². The quantitative estimate of drug-likeness (QED) is 0.708. The summed E-state index contributed by atoms with van der Waals surface area (Å²) in [5, 5.41) is 4.23. The fourth-order valence-corrected chi connectivity index (χ4v) is 3.36. The molecule has 2 aromatic rings. The highest BCUT2D eigenvalue weighted by Gasteiger charge is 2.33. The molecule has 0 unspecified atom stereocenters. The van der Waals surface area contributed by atoms with Crippen molar-refractivity contribution in [1.82, 2.24) is 4.90 Å². The summed E-state index contributed by atoms with van der Waals surface area (Å²) in [5.41, 5.74) is -1.22. The predicted octanol–water partition coefficient (Wildman–Crippen LogP) is 4.58. The molecule has 27 heavy (non-hydrogen) atoms. The lowest BCUT2D eigenvalue weighted by Gasteiger charge is -2.21. The van der Waals surface area contributed by atoms with Crippen LogP contribution in [0.1, 0.15) is 30.2 Å². The summed E-state index contributed by atoms with van der Waals surface area (Å²) in [6, 6.07) is 8.72. The molecule has 1 aromatic heterocycles. The Bertz CT molecular complexity index is 761. The standard InChI is InChI=1S/C19H21F3N2O2S/c1-2-24(18(26)11-5-7-14-8-6-12-27-14)13-17(25)23-16-10-4-3-9-15(16)19(20,21)22/h3-4,6,8-10,12H,2,5,7,11,13H2,1H3,(H,23,25). The van der Waals surface area contributed by atoms with Crippen molar-refractivity contribution < 1.29 is 22.8 Å². The van der Waals surface area contributed by atoms with Gasteiger partial charge < -0.3 is 10.2 Å². The summed E-state index contributed by atoms with van der Waals surface area (Å²) in [4.78, 5) is 27.0. The third-order valence-electron chi connectivity index (χ3n) is 3.97. The molecule has 2 rings (SSSR count). The van der Waals surface area contributed by atoms with Gasteiger partial charge in [-0.25, -0.2) is 0 Å². The van der Waals surface area contributed by atoms with Crippen LogP contribution in [0.2, 0.25) is 0 Å². The Balaban J connectivity index is 1.90. The van der Waals surface area contributed by atoms with Crippen LogP contribution < -0.4 is 5.32 Å². The van der Waals surface area contributed by atoms with Gasteiger partial charge in [0.15, 0.2) is 0 Å². The van der Waals surface area contributed by atoms with Crippen molar-refractivity contribution in [3.8, 4) is 0 Å². The topological polar surface area (TPSA) is 49.4 Å². The molecule has 4 nitrogen and oxygen atoms in total. The Morgan fingerprint density at radius 3 is 2.52 bits per heavy atom. The largest absolute Gasteiger partial charge is 0.418 e. The molecule has 0 aliphatic rings. The van der Waals surface area contributed by atoms with Crippen molar-refractivity contribution in [2.75, 3.05) is 18.4 Å². The lowest BCUT2D eigenvalue weighted by molar-refractivity contribution is -0.137. The van der Waals surface area contributed by atoms with E-state index >= 15 is 0 Å². The van der Waals surface area contributed by atoms with E-state index in [-0.39, 0.29) is 24.6 Å². The number of hydrogen-bond donors (Lipinski definition) is 1. The SMILES string of the molecule is CCN(CC(=O)Nc1ccccc1C(F)(F)F)C(=O)CCCc1cccs1. The summed E-state index contributed by atoms with van der Waals surface area (Å²) >= 11 is 1.62. The molecule has 0 spiro atoms. The second kappa shape index (κ2) is 9.55. The van der Waals surface area contributed by atoms with Gasteiger partial charge in [-0.15, -0.1) is 11.3 Å². The average Bonchev–Trinajstić information content (AvgIpc) is 3.12. The molecule has 146 valence electrons. The van der Waals surface area contributed by atoms with Crippen LogP contribution in [0.25, 0.3) is 0 Å². The lowest BCUT2D eigenvalue weighted by Crippen LogP contribution is -2.38.